The maximum Gasteiger partial charge on any atom is 0.339 e. The Kier molecular flexibility index (Phi) is 5.63. The van der Waals surface area contributed by atoms with Crippen LogP contribution in [0.2, 0.25) is 0 Å². The molecule has 26 heavy (non-hydrogen) atoms. The van der Waals surface area contributed by atoms with Crippen molar-refractivity contribution in [3.05, 3.63) is 65.9 Å². The van der Waals surface area contributed by atoms with Crippen LogP contribution < -0.4 is 5.32 Å². The molecule has 0 saturated heterocycles. The zero-order valence-corrected chi connectivity index (χ0v) is 15.3. The molecule has 0 aliphatic heterocycles. The summed E-state index contributed by atoms with van der Waals surface area (Å²) in [6.07, 6.45) is 1.88. The minimum Gasteiger partial charge on any atom is -0.459 e. The molecule has 2 aromatic carbocycles. The molecule has 1 N–H and O–H groups in total. The van der Waals surface area contributed by atoms with Gasteiger partial charge in [0.1, 0.15) is 11.3 Å². The van der Waals surface area contributed by atoms with Crippen LogP contribution in [0, 0.1) is 0 Å². The van der Waals surface area contributed by atoms with Crippen molar-refractivity contribution in [3.8, 4) is 0 Å². The van der Waals surface area contributed by atoms with Crippen LogP contribution in [0.25, 0.3) is 11.0 Å². The number of furan rings is 1. The topological polar surface area (TPSA) is 68.5 Å². The number of ether oxygens (including phenoxy) is 1. The van der Waals surface area contributed by atoms with Gasteiger partial charge in [-0.2, -0.15) is 0 Å². The van der Waals surface area contributed by atoms with Crippen molar-refractivity contribution < 1.29 is 18.7 Å². The van der Waals surface area contributed by atoms with Crippen molar-refractivity contribution in [2.24, 2.45) is 0 Å². The van der Waals surface area contributed by atoms with Gasteiger partial charge in [-0.05, 0) is 37.4 Å². The summed E-state index contributed by atoms with van der Waals surface area (Å²) in [7, 11) is 0. The van der Waals surface area contributed by atoms with Gasteiger partial charge in [-0.25, -0.2) is 4.79 Å². The molecule has 0 bridgehead atoms. The van der Waals surface area contributed by atoms with E-state index < -0.39 is 5.97 Å². The number of amides is 1. The molecule has 0 radical (unpaired) electrons. The summed E-state index contributed by atoms with van der Waals surface area (Å²) in [6, 6.07) is 16.3. The molecule has 0 fully saturated rings. The van der Waals surface area contributed by atoms with Crippen LogP contribution in [0.4, 0.5) is 0 Å². The summed E-state index contributed by atoms with van der Waals surface area (Å²) in [5, 5.41) is 3.75. The number of hydrogen-bond donors (Lipinski definition) is 1. The first-order chi connectivity index (χ1) is 12.6. The van der Waals surface area contributed by atoms with E-state index in [2.05, 4.69) is 5.32 Å². The summed E-state index contributed by atoms with van der Waals surface area (Å²) >= 11 is 1.45. The van der Waals surface area contributed by atoms with Crippen LogP contribution in [0.15, 0.2) is 63.9 Å². The fraction of sp³-hybridized carbons (Fsp3) is 0.200. The molecule has 3 aromatic rings. The van der Waals surface area contributed by atoms with Gasteiger partial charge in [0, 0.05) is 10.3 Å². The number of fused-ring (bicyclic) bond motifs is 1. The first kappa shape index (κ1) is 18.1. The predicted octanol–water partition coefficient (Wildman–Crippen LogP) is 4.19. The molecule has 0 saturated carbocycles. The third-order valence-corrected chi connectivity index (χ3v) is 4.71. The lowest BCUT2D eigenvalue weighted by atomic mass is 10.2. The maximum absolute atomic E-state index is 12.2. The fourth-order valence-corrected chi connectivity index (χ4v) is 3.18. The number of thioether (sulfide) groups is 1. The first-order valence-electron chi connectivity index (χ1n) is 8.16. The molecule has 0 spiro atoms. The largest absolute Gasteiger partial charge is 0.459 e. The second kappa shape index (κ2) is 8.10. The van der Waals surface area contributed by atoms with E-state index in [1.54, 1.807) is 12.1 Å². The Morgan fingerprint density at radius 3 is 2.65 bits per heavy atom. The highest BCUT2D eigenvalue weighted by molar-refractivity contribution is 7.98. The number of rotatable bonds is 6. The van der Waals surface area contributed by atoms with Crippen molar-refractivity contribution in [1.29, 1.82) is 0 Å². The Balaban J connectivity index is 1.57. The van der Waals surface area contributed by atoms with Gasteiger partial charge in [0.2, 0.25) is 0 Å². The van der Waals surface area contributed by atoms with E-state index in [1.807, 2.05) is 55.6 Å². The number of carbonyl (C=O) groups excluding carboxylic acids is 2. The first-order valence-corrected chi connectivity index (χ1v) is 9.39. The highest BCUT2D eigenvalue weighted by Gasteiger charge is 2.17. The number of hydrogen-bond acceptors (Lipinski definition) is 5. The van der Waals surface area contributed by atoms with Crippen molar-refractivity contribution in [1.82, 2.24) is 5.32 Å². The van der Waals surface area contributed by atoms with Gasteiger partial charge >= 0.3 is 5.97 Å². The van der Waals surface area contributed by atoms with E-state index in [0.717, 1.165) is 15.9 Å². The van der Waals surface area contributed by atoms with Gasteiger partial charge in [0.05, 0.1) is 11.6 Å². The monoisotopic (exact) mass is 369 g/mol. The van der Waals surface area contributed by atoms with Gasteiger partial charge in [-0.15, -0.1) is 11.8 Å². The zero-order chi connectivity index (χ0) is 18.5. The molecule has 1 amide bonds. The van der Waals surface area contributed by atoms with E-state index in [1.165, 1.54) is 11.8 Å². The van der Waals surface area contributed by atoms with Crippen molar-refractivity contribution in [2.75, 3.05) is 12.9 Å². The van der Waals surface area contributed by atoms with E-state index in [9.17, 15) is 9.59 Å². The molecule has 5 nitrogen and oxygen atoms in total. The molecule has 3 rings (SSSR count). The van der Waals surface area contributed by atoms with Crippen LogP contribution in [0.1, 0.15) is 29.1 Å². The summed E-state index contributed by atoms with van der Waals surface area (Å²) in [6.45, 7) is 1.48. The number of esters is 1. The van der Waals surface area contributed by atoms with Crippen molar-refractivity contribution in [3.63, 3.8) is 0 Å². The lowest BCUT2D eigenvalue weighted by molar-refractivity contribution is -0.125. The van der Waals surface area contributed by atoms with Gasteiger partial charge in [-0.3, -0.25) is 4.79 Å². The molecular formula is C20H19NO4S. The van der Waals surface area contributed by atoms with Gasteiger partial charge < -0.3 is 14.5 Å². The summed E-state index contributed by atoms with van der Waals surface area (Å²) in [4.78, 5) is 25.1. The summed E-state index contributed by atoms with van der Waals surface area (Å²) < 4.78 is 10.9. The van der Waals surface area contributed by atoms with Crippen LogP contribution >= 0.6 is 11.8 Å². The Hall–Kier alpha value is -2.73. The molecule has 0 unspecified atom stereocenters. The summed E-state index contributed by atoms with van der Waals surface area (Å²) in [5.74, 6) is -0.243. The Labute approximate surface area is 155 Å². The second-order valence-electron chi connectivity index (χ2n) is 5.75. The molecular weight excluding hydrogens is 350 g/mol. The molecule has 0 aliphatic rings. The normalized spacial score (nSPS) is 11.9. The Morgan fingerprint density at radius 1 is 1.15 bits per heavy atom. The lowest BCUT2D eigenvalue weighted by Gasteiger charge is -2.12. The number of para-hydroxylation sites is 1. The van der Waals surface area contributed by atoms with Gasteiger partial charge in [-0.1, -0.05) is 30.3 Å². The minimum atomic E-state index is -0.513. The third-order valence-electron chi connectivity index (χ3n) is 3.91. The Bertz CT molecular complexity index is 901. The molecule has 1 aromatic heterocycles. The number of benzene rings is 2. The van der Waals surface area contributed by atoms with Crippen LogP contribution in [-0.2, 0) is 9.53 Å². The highest BCUT2D eigenvalue weighted by atomic mass is 32.2. The van der Waals surface area contributed by atoms with Crippen LogP contribution in [-0.4, -0.2) is 24.7 Å². The molecule has 0 aliphatic carbocycles. The van der Waals surface area contributed by atoms with E-state index in [4.69, 9.17) is 9.15 Å². The van der Waals surface area contributed by atoms with Crippen LogP contribution in [0.5, 0.6) is 0 Å². The second-order valence-corrected chi connectivity index (χ2v) is 6.60. The maximum atomic E-state index is 12.2. The zero-order valence-electron chi connectivity index (χ0n) is 14.5. The average Bonchev–Trinajstić information content (AvgIpc) is 3.10. The minimum absolute atomic E-state index is 0.327. The SMILES string of the molecule is CSc1ccccc1C(=O)OCC(=O)N[C@@H](C)c1cc2ccccc2o1. The summed E-state index contributed by atoms with van der Waals surface area (Å²) in [5.41, 5.74) is 1.22. The van der Waals surface area contributed by atoms with E-state index in [-0.39, 0.29) is 18.6 Å². The van der Waals surface area contributed by atoms with Crippen molar-refractivity contribution in [2.45, 2.75) is 17.9 Å². The van der Waals surface area contributed by atoms with E-state index >= 15 is 0 Å². The lowest BCUT2D eigenvalue weighted by Crippen LogP contribution is -2.31. The number of nitrogens with one attached hydrogen (secondary N) is 1. The third kappa shape index (κ3) is 4.08. The van der Waals surface area contributed by atoms with Gasteiger partial charge in [0.15, 0.2) is 6.61 Å². The Morgan fingerprint density at radius 2 is 1.88 bits per heavy atom. The molecule has 1 atom stereocenters. The standard InChI is InChI=1S/C20H19NO4S/c1-13(17-11-14-7-3-5-9-16(14)25-17)21-19(22)12-24-20(23)15-8-4-6-10-18(15)26-2/h3-11,13H,12H2,1-2H3,(H,21,22)/t13-/m0/s1. The van der Waals surface area contributed by atoms with E-state index in [0.29, 0.717) is 11.3 Å². The highest BCUT2D eigenvalue weighted by Crippen LogP contribution is 2.23. The molecule has 134 valence electrons. The molecule has 1 heterocycles. The van der Waals surface area contributed by atoms with Crippen LogP contribution in [0.3, 0.4) is 0 Å². The van der Waals surface area contributed by atoms with Gasteiger partial charge in [0.25, 0.3) is 5.91 Å². The smallest absolute Gasteiger partial charge is 0.339 e. The molecule has 6 heteroatoms. The predicted molar refractivity (Wildman–Crippen MR) is 101 cm³/mol. The van der Waals surface area contributed by atoms with Crippen molar-refractivity contribution >= 4 is 34.6 Å². The number of carbonyl (C=O) groups is 2. The average molecular weight is 369 g/mol. The fourth-order valence-electron chi connectivity index (χ4n) is 2.59. The quantitative estimate of drug-likeness (QED) is 0.521.